The van der Waals surface area contributed by atoms with Gasteiger partial charge in [0.25, 0.3) is 5.91 Å². The van der Waals surface area contributed by atoms with Crippen LogP contribution in [0.15, 0.2) is 65.3 Å². The molecule has 0 atom stereocenters. The van der Waals surface area contributed by atoms with Gasteiger partial charge < -0.3 is 24.7 Å². The number of para-hydroxylation sites is 1. The summed E-state index contributed by atoms with van der Waals surface area (Å²) in [6.45, 7) is 7.46. The van der Waals surface area contributed by atoms with Gasteiger partial charge in [-0.3, -0.25) is 10.1 Å². The van der Waals surface area contributed by atoms with Crippen LogP contribution in [0.1, 0.15) is 24.2 Å². The summed E-state index contributed by atoms with van der Waals surface area (Å²) >= 11 is 0. The zero-order valence-corrected chi connectivity index (χ0v) is 18.1. The number of likely N-dealkylation sites (N-methyl/N-ethyl adjacent to an activating group) is 1. The highest BCUT2D eigenvalue weighted by Gasteiger charge is 2.11. The monoisotopic (exact) mass is 437 g/mol. The van der Waals surface area contributed by atoms with E-state index in [-0.39, 0.29) is 17.8 Å². The minimum atomic E-state index is -0.499. The standard InChI is InChI=1S/C23H27N5O4/c1-3-28(4-2)15-14-24-21(29)17-10-12-18(13-11-17)25-22(30)26-20-16-31-23(27-20)32-19-8-6-5-7-9-19/h5-13,16H,3-4,14-15H2,1-2H3,(H,24,29)(H2,25,26,30). The number of carbonyl (C=O) groups excluding carboxylic acids is 2. The molecule has 1 heterocycles. The summed E-state index contributed by atoms with van der Waals surface area (Å²) in [5, 5.41) is 8.14. The Morgan fingerprint density at radius 2 is 1.72 bits per heavy atom. The summed E-state index contributed by atoms with van der Waals surface area (Å²) < 4.78 is 10.7. The van der Waals surface area contributed by atoms with Crippen LogP contribution in [0, 0.1) is 0 Å². The van der Waals surface area contributed by atoms with Crippen LogP contribution in [-0.4, -0.2) is 48.0 Å². The summed E-state index contributed by atoms with van der Waals surface area (Å²) in [6.07, 6.45) is 1.30. The molecule has 9 heteroatoms. The van der Waals surface area contributed by atoms with Crippen molar-refractivity contribution in [2.75, 3.05) is 36.8 Å². The van der Waals surface area contributed by atoms with Crippen LogP contribution < -0.4 is 20.7 Å². The van der Waals surface area contributed by atoms with Crippen LogP contribution in [0.3, 0.4) is 0 Å². The Bertz CT molecular complexity index is 1000. The molecule has 9 nitrogen and oxygen atoms in total. The molecule has 0 unspecified atom stereocenters. The van der Waals surface area contributed by atoms with Crippen molar-refractivity contribution in [3.8, 4) is 11.8 Å². The van der Waals surface area contributed by atoms with Crippen molar-refractivity contribution < 1.29 is 18.7 Å². The molecular formula is C23H27N5O4. The quantitative estimate of drug-likeness (QED) is 0.439. The number of rotatable bonds is 10. The Hall–Kier alpha value is -3.85. The first-order valence-corrected chi connectivity index (χ1v) is 10.4. The lowest BCUT2D eigenvalue weighted by atomic mass is 10.2. The van der Waals surface area contributed by atoms with Crippen LogP contribution in [0.5, 0.6) is 11.8 Å². The van der Waals surface area contributed by atoms with E-state index in [0.717, 1.165) is 19.6 Å². The molecule has 32 heavy (non-hydrogen) atoms. The van der Waals surface area contributed by atoms with Gasteiger partial charge in [0.15, 0.2) is 5.82 Å². The highest BCUT2D eigenvalue weighted by atomic mass is 16.6. The van der Waals surface area contributed by atoms with Gasteiger partial charge in [-0.15, -0.1) is 0 Å². The summed E-state index contributed by atoms with van der Waals surface area (Å²) in [5.41, 5.74) is 1.06. The minimum absolute atomic E-state index is 0.0165. The first-order valence-electron chi connectivity index (χ1n) is 10.4. The molecule has 0 saturated heterocycles. The second-order valence-electron chi connectivity index (χ2n) is 6.85. The van der Waals surface area contributed by atoms with Gasteiger partial charge in [-0.25, -0.2) is 4.79 Å². The number of hydrogen-bond acceptors (Lipinski definition) is 6. The number of anilines is 2. The third-order valence-electron chi connectivity index (χ3n) is 4.69. The van der Waals surface area contributed by atoms with Gasteiger partial charge >= 0.3 is 12.1 Å². The number of hydrogen-bond donors (Lipinski definition) is 3. The SMILES string of the molecule is CCN(CC)CCNC(=O)c1ccc(NC(=O)Nc2coc(Oc3ccccc3)n2)cc1. The molecule has 3 aromatic rings. The van der Waals surface area contributed by atoms with E-state index < -0.39 is 6.03 Å². The van der Waals surface area contributed by atoms with Crippen molar-refractivity contribution in [3.63, 3.8) is 0 Å². The fourth-order valence-corrected chi connectivity index (χ4v) is 2.90. The molecule has 0 radical (unpaired) electrons. The van der Waals surface area contributed by atoms with Gasteiger partial charge in [0.05, 0.1) is 0 Å². The van der Waals surface area contributed by atoms with Crippen molar-refractivity contribution >= 4 is 23.4 Å². The topological polar surface area (TPSA) is 109 Å². The molecule has 1 aromatic heterocycles. The molecule has 0 spiro atoms. The Kier molecular flexibility index (Phi) is 8.22. The third kappa shape index (κ3) is 6.85. The fraction of sp³-hybridized carbons (Fsp3) is 0.261. The van der Waals surface area contributed by atoms with Crippen LogP contribution in [-0.2, 0) is 0 Å². The maximum Gasteiger partial charge on any atom is 0.401 e. The van der Waals surface area contributed by atoms with Gasteiger partial charge in [0.1, 0.15) is 12.0 Å². The van der Waals surface area contributed by atoms with Crippen molar-refractivity contribution in [2.45, 2.75) is 13.8 Å². The van der Waals surface area contributed by atoms with Gasteiger partial charge in [0.2, 0.25) is 0 Å². The summed E-state index contributed by atoms with van der Waals surface area (Å²) in [6, 6.07) is 15.2. The smallest absolute Gasteiger partial charge is 0.401 e. The van der Waals surface area contributed by atoms with E-state index in [1.807, 2.05) is 18.2 Å². The maximum atomic E-state index is 12.3. The number of ether oxygens (including phenoxy) is 1. The normalized spacial score (nSPS) is 10.6. The molecule has 0 aliphatic carbocycles. The third-order valence-corrected chi connectivity index (χ3v) is 4.69. The van der Waals surface area contributed by atoms with Crippen LogP contribution in [0.2, 0.25) is 0 Å². The number of nitrogens with one attached hydrogen (secondary N) is 3. The number of amides is 3. The lowest BCUT2D eigenvalue weighted by Crippen LogP contribution is -2.34. The maximum absolute atomic E-state index is 12.3. The molecule has 0 aliphatic rings. The number of oxazole rings is 1. The van der Waals surface area contributed by atoms with Crippen LogP contribution in [0.25, 0.3) is 0 Å². The molecular weight excluding hydrogens is 410 g/mol. The Morgan fingerprint density at radius 1 is 1.00 bits per heavy atom. The van der Waals surface area contributed by atoms with E-state index in [4.69, 9.17) is 9.15 Å². The van der Waals surface area contributed by atoms with Gasteiger partial charge in [0, 0.05) is 24.3 Å². The van der Waals surface area contributed by atoms with E-state index in [1.165, 1.54) is 6.26 Å². The van der Waals surface area contributed by atoms with Crippen molar-refractivity contribution in [3.05, 3.63) is 66.4 Å². The molecule has 0 bridgehead atoms. The second kappa shape index (κ2) is 11.5. The predicted molar refractivity (Wildman–Crippen MR) is 122 cm³/mol. The minimum Gasteiger partial charge on any atom is -0.415 e. The molecule has 3 rings (SSSR count). The van der Waals surface area contributed by atoms with Crippen molar-refractivity contribution in [2.24, 2.45) is 0 Å². The summed E-state index contributed by atoms with van der Waals surface area (Å²) in [5.74, 6) is 0.627. The number of aromatic nitrogens is 1. The van der Waals surface area contributed by atoms with E-state index in [0.29, 0.717) is 23.5 Å². The number of urea groups is 1. The first kappa shape index (κ1) is 22.8. The van der Waals surface area contributed by atoms with Crippen LogP contribution in [0.4, 0.5) is 16.3 Å². The zero-order chi connectivity index (χ0) is 22.8. The van der Waals surface area contributed by atoms with E-state index in [9.17, 15) is 9.59 Å². The van der Waals surface area contributed by atoms with Crippen molar-refractivity contribution in [1.29, 1.82) is 0 Å². The fourth-order valence-electron chi connectivity index (χ4n) is 2.90. The average molecular weight is 438 g/mol. The molecule has 0 saturated carbocycles. The molecule has 0 aliphatic heterocycles. The van der Waals surface area contributed by atoms with Gasteiger partial charge in [-0.05, 0) is 49.5 Å². The summed E-state index contributed by atoms with van der Waals surface area (Å²) in [4.78, 5) is 30.7. The first-order chi connectivity index (χ1) is 15.6. The lowest BCUT2D eigenvalue weighted by molar-refractivity contribution is 0.0949. The van der Waals surface area contributed by atoms with E-state index in [1.54, 1.807) is 36.4 Å². The van der Waals surface area contributed by atoms with E-state index >= 15 is 0 Å². The molecule has 0 fully saturated rings. The predicted octanol–water partition coefficient (Wildman–Crippen LogP) is 4.18. The molecule has 2 aromatic carbocycles. The molecule has 3 N–H and O–H groups in total. The van der Waals surface area contributed by atoms with E-state index in [2.05, 4.69) is 39.7 Å². The largest absolute Gasteiger partial charge is 0.415 e. The Morgan fingerprint density at radius 3 is 2.41 bits per heavy atom. The van der Waals surface area contributed by atoms with Crippen molar-refractivity contribution in [1.82, 2.24) is 15.2 Å². The summed E-state index contributed by atoms with van der Waals surface area (Å²) in [7, 11) is 0. The Labute approximate surface area is 186 Å². The molecule has 3 amide bonds. The Balaban J connectivity index is 1.46. The van der Waals surface area contributed by atoms with Gasteiger partial charge in [-0.2, -0.15) is 4.98 Å². The average Bonchev–Trinajstić information content (AvgIpc) is 3.24. The number of carbonyl (C=O) groups is 2. The second-order valence-corrected chi connectivity index (χ2v) is 6.85. The zero-order valence-electron chi connectivity index (χ0n) is 18.1. The highest BCUT2D eigenvalue weighted by molar-refractivity contribution is 6.00. The van der Waals surface area contributed by atoms with Gasteiger partial charge in [-0.1, -0.05) is 32.0 Å². The highest BCUT2D eigenvalue weighted by Crippen LogP contribution is 2.22. The lowest BCUT2D eigenvalue weighted by Gasteiger charge is -2.17. The molecule has 168 valence electrons. The number of benzene rings is 2. The number of nitrogens with zero attached hydrogens (tertiary/aromatic N) is 2. The van der Waals surface area contributed by atoms with Crippen LogP contribution >= 0.6 is 0 Å².